The van der Waals surface area contributed by atoms with Crippen LogP contribution >= 0.6 is 0 Å². The largest absolute Gasteiger partial charge is 0.374 e. The molecule has 1 aromatic carbocycles. The minimum Gasteiger partial charge on any atom is -0.374 e. The quantitative estimate of drug-likeness (QED) is 0.921. The maximum absolute atomic E-state index is 5.88. The second-order valence-electron chi connectivity index (χ2n) is 6.30. The third-order valence-electron chi connectivity index (χ3n) is 3.31. The molecule has 2 rings (SSSR count). The molecule has 1 aliphatic rings. The average Bonchev–Trinajstić information content (AvgIpc) is 2.48. The Kier molecular flexibility index (Phi) is 7.94. The van der Waals surface area contributed by atoms with Gasteiger partial charge in [-0.2, -0.15) is 0 Å². The standard InChI is InChI=1S/C16H26N2O.C2H6/c1-16(2,3)19-13-15-12-18(10-9-17-15)11-14-7-5-4-6-8-14;1-2/h4-8,15,17H,9-13H2,1-3H3;1-2H3. The minimum absolute atomic E-state index is 0.0522. The van der Waals surface area contributed by atoms with Gasteiger partial charge in [-0.05, 0) is 26.3 Å². The Hall–Kier alpha value is -0.900. The van der Waals surface area contributed by atoms with Crippen LogP contribution in [0.1, 0.15) is 40.2 Å². The Morgan fingerprint density at radius 3 is 2.48 bits per heavy atom. The third kappa shape index (κ3) is 7.60. The molecule has 120 valence electrons. The predicted molar refractivity (Wildman–Crippen MR) is 90.6 cm³/mol. The van der Waals surface area contributed by atoms with E-state index in [1.54, 1.807) is 0 Å². The van der Waals surface area contributed by atoms with Crippen LogP contribution in [0.3, 0.4) is 0 Å². The van der Waals surface area contributed by atoms with Gasteiger partial charge in [-0.25, -0.2) is 0 Å². The van der Waals surface area contributed by atoms with E-state index in [9.17, 15) is 0 Å². The fourth-order valence-electron chi connectivity index (χ4n) is 2.34. The number of hydrogen-bond acceptors (Lipinski definition) is 3. The van der Waals surface area contributed by atoms with Crippen molar-refractivity contribution in [3.8, 4) is 0 Å². The summed E-state index contributed by atoms with van der Waals surface area (Å²) in [6, 6.07) is 11.1. The Morgan fingerprint density at radius 1 is 1.19 bits per heavy atom. The summed E-state index contributed by atoms with van der Waals surface area (Å²) in [5.74, 6) is 0. The predicted octanol–water partition coefficient (Wildman–Crippen LogP) is 3.30. The molecule has 21 heavy (non-hydrogen) atoms. The van der Waals surface area contributed by atoms with E-state index >= 15 is 0 Å². The molecule has 0 aromatic heterocycles. The topological polar surface area (TPSA) is 24.5 Å². The van der Waals surface area contributed by atoms with Crippen LogP contribution in [-0.2, 0) is 11.3 Å². The SMILES string of the molecule is CC.CC(C)(C)OCC1CN(Cc2ccccc2)CCN1. The molecule has 0 saturated carbocycles. The van der Waals surface area contributed by atoms with Crippen molar-refractivity contribution < 1.29 is 4.74 Å². The van der Waals surface area contributed by atoms with Gasteiger partial charge in [0, 0.05) is 32.2 Å². The van der Waals surface area contributed by atoms with E-state index in [-0.39, 0.29) is 5.60 Å². The number of nitrogens with one attached hydrogen (secondary N) is 1. The summed E-state index contributed by atoms with van der Waals surface area (Å²) in [6.45, 7) is 15.4. The van der Waals surface area contributed by atoms with Gasteiger partial charge in [-0.3, -0.25) is 4.90 Å². The molecular weight excluding hydrogens is 260 g/mol. The average molecular weight is 292 g/mol. The molecule has 0 spiro atoms. The summed E-state index contributed by atoms with van der Waals surface area (Å²) in [4.78, 5) is 2.50. The van der Waals surface area contributed by atoms with Crippen LogP contribution in [-0.4, -0.2) is 42.8 Å². The van der Waals surface area contributed by atoms with Gasteiger partial charge in [0.15, 0.2) is 0 Å². The number of nitrogens with zero attached hydrogens (tertiary/aromatic N) is 1. The summed E-state index contributed by atoms with van der Waals surface area (Å²) in [6.07, 6.45) is 0. The molecule has 3 nitrogen and oxygen atoms in total. The van der Waals surface area contributed by atoms with Crippen molar-refractivity contribution in [2.45, 2.75) is 52.8 Å². The van der Waals surface area contributed by atoms with Crippen molar-refractivity contribution in [3.63, 3.8) is 0 Å². The van der Waals surface area contributed by atoms with Gasteiger partial charge in [0.2, 0.25) is 0 Å². The van der Waals surface area contributed by atoms with Crippen LogP contribution in [0.4, 0.5) is 0 Å². The van der Waals surface area contributed by atoms with Crippen LogP contribution in [0.2, 0.25) is 0 Å². The Labute approximate surface area is 130 Å². The lowest BCUT2D eigenvalue weighted by molar-refractivity contribution is -0.0233. The summed E-state index contributed by atoms with van der Waals surface area (Å²) in [7, 11) is 0. The second kappa shape index (κ2) is 9.19. The first kappa shape index (κ1) is 18.1. The van der Waals surface area contributed by atoms with E-state index < -0.39 is 0 Å². The first-order valence-corrected chi connectivity index (χ1v) is 8.16. The van der Waals surface area contributed by atoms with Gasteiger partial charge in [0.05, 0.1) is 12.2 Å². The van der Waals surface area contributed by atoms with Gasteiger partial charge in [0.25, 0.3) is 0 Å². The molecule has 0 aliphatic carbocycles. The fraction of sp³-hybridized carbons (Fsp3) is 0.667. The van der Waals surface area contributed by atoms with Crippen molar-refractivity contribution >= 4 is 0 Å². The van der Waals surface area contributed by atoms with E-state index in [4.69, 9.17) is 4.74 Å². The zero-order chi connectivity index (χ0) is 15.7. The molecule has 1 N–H and O–H groups in total. The lowest BCUT2D eigenvalue weighted by atomic mass is 10.1. The van der Waals surface area contributed by atoms with Crippen LogP contribution in [0.15, 0.2) is 30.3 Å². The van der Waals surface area contributed by atoms with E-state index in [0.717, 1.165) is 32.8 Å². The fourth-order valence-corrected chi connectivity index (χ4v) is 2.34. The molecule has 1 aliphatic heterocycles. The molecule has 0 radical (unpaired) electrons. The number of hydrogen-bond donors (Lipinski definition) is 1. The van der Waals surface area contributed by atoms with Gasteiger partial charge >= 0.3 is 0 Å². The molecule has 1 saturated heterocycles. The molecule has 0 amide bonds. The molecule has 3 heteroatoms. The van der Waals surface area contributed by atoms with Crippen molar-refractivity contribution in [3.05, 3.63) is 35.9 Å². The van der Waals surface area contributed by atoms with Crippen molar-refractivity contribution in [1.29, 1.82) is 0 Å². The van der Waals surface area contributed by atoms with Gasteiger partial charge in [0.1, 0.15) is 0 Å². The highest BCUT2D eigenvalue weighted by Crippen LogP contribution is 2.11. The zero-order valence-electron chi connectivity index (χ0n) is 14.4. The highest BCUT2D eigenvalue weighted by molar-refractivity contribution is 5.14. The summed E-state index contributed by atoms with van der Waals surface area (Å²) < 4.78 is 5.88. The minimum atomic E-state index is -0.0522. The van der Waals surface area contributed by atoms with Gasteiger partial charge < -0.3 is 10.1 Å². The van der Waals surface area contributed by atoms with Crippen LogP contribution in [0, 0.1) is 0 Å². The molecule has 1 atom stereocenters. The molecular formula is C18H32N2O. The van der Waals surface area contributed by atoms with Crippen LogP contribution in [0.25, 0.3) is 0 Å². The Morgan fingerprint density at radius 2 is 1.86 bits per heavy atom. The Bertz CT molecular complexity index is 373. The number of rotatable bonds is 4. The molecule has 0 bridgehead atoms. The summed E-state index contributed by atoms with van der Waals surface area (Å²) in [5, 5.41) is 3.54. The summed E-state index contributed by atoms with van der Waals surface area (Å²) >= 11 is 0. The number of ether oxygens (including phenoxy) is 1. The molecule has 1 unspecified atom stereocenters. The van der Waals surface area contributed by atoms with Crippen LogP contribution < -0.4 is 5.32 Å². The molecule has 1 fully saturated rings. The van der Waals surface area contributed by atoms with Gasteiger partial charge in [-0.1, -0.05) is 44.2 Å². The first-order chi connectivity index (χ1) is 10.0. The van der Waals surface area contributed by atoms with Crippen LogP contribution in [0.5, 0.6) is 0 Å². The van der Waals surface area contributed by atoms with E-state index in [1.807, 2.05) is 13.8 Å². The zero-order valence-corrected chi connectivity index (χ0v) is 14.4. The lowest BCUT2D eigenvalue weighted by Gasteiger charge is -2.35. The van der Waals surface area contributed by atoms with E-state index in [1.165, 1.54) is 5.56 Å². The maximum atomic E-state index is 5.88. The lowest BCUT2D eigenvalue weighted by Crippen LogP contribution is -2.52. The Balaban J connectivity index is 0.00000106. The molecule has 1 aromatic rings. The first-order valence-electron chi connectivity index (χ1n) is 8.16. The van der Waals surface area contributed by atoms with Crippen molar-refractivity contribution in [1.82, 2.24) is 10.2 Å². The van der Waals surface area contributed by atoms with E-state index in [2.05, 4.69) is 61.3 Å². The highest BCUT2D eigenvalue weighted by Gasteiger charge is 2.21. The smallest absolute Gasteiger partial charge is 0.0639 e. The second-order valence-corrected chi connectivity index (χ2v) is 6.30. The normalized spacial score (nSPS) is 19.8. The summed E-state index contributed by atoms with van der Waals surface area (Å²) in [5.41, 5.74) is 1.34. The monoisotopic (exact) mass is 292 g/mol. The van der Waals surface area contributed by atoms with Crippen molar-refractivity contribution in [2.24, 2.45) is 0 Å². The number of piperazine rings is 1. The third-order valence-corrected chi connectivity index (χ3v) is 3.31. The highest BCUT2D eigenvalue weighted by atomic mass is 16.5. The number of benzene rings is 1. The van der Waals surface area contributed by atoms with Gasteiger partial charge in [-0.15, -0.1) is 0 Å². The van der Waals surface area contributed by atoms with Crippen molar-refractivity contribution in [2.75, 3.05) is 26.2 Å². The maximum Gasteiger partial charge on any atom is 0.0639 e. The molecule has 1 heterocycles. The van der Waals surface area contributed by atoms with E-state index in [0.29, 0.717) is 6.04 Å².